The van der Waals surface area contributed by atoms with Gasteiger partial charge in [-0.25, -0.2) is 13.8 Å². The third-order valence-electron chi connectivity index (χ3n) is 6.65. The Balaban J connectivity index is 0.00000121. The minimum atomic E-state index is -0.800. The molecule has 10 heteroatoms. The summed E-state index contributed by atoms with van der Waals surface area (Å²) >= 11 is 0. The molecule has 9 nitrogen and oxygen atoms in total. The van der Waals surface area contributed by atoms with Crippen molar-refractivity contribution >= 4 is 17.2 Å². The quantitative estimate of drug-likeness (QED) is 0.294. The number of nitrogens with zero attached hydrogens (tertiary/aromatic N) is 4. The van der Waals surface area contributed by atoms with E-state index < -0.39 is 22.6 Å². The third-order valence-corrected chi connectivity index (χ3v) is 6.65. The number of halogens is 1. The molecular weight excluding hydrogens is 551 g/mol. The van der Waals surface area contributed by atoms with Crippen LogP contribution in [0.4, 0.5) is 4.39 Å². The van der Waals surface area contributed by atoms with Crippen molar-refractivity contribution < 1.29 is 13.9 Å². The van der Waals surface area contributed by atoms with Gasteiger partial charge in [-0.05, 0) is 61.7 Å². The zero-order valence-corrected chi connectivity index (χ0v) is 26.0. The summed E-state index contributed by atoms with van der Waals surface area (Å²) in [4.78, 5) is 45.2. The van der Waals surface area contributed by atoms with Crippen LogP contribution in [0.15, 0.2) is 79.7 Å². The van der Waals surface area contributed by atoms with Crippen molar-refractivity contribution in [2.45, 2.75) is 60.5 Å². The van der Waals surface area contributed by atoms with Crippen molar-refractivity contribution in [2.75, 3.05) is 7.11 Å². The van der Waals surface area contributed by atoms with E-state index in [4.69, 9.17) is 9.47 Å². The lowest BCUT2D eigenvalue weighted by Gasteiger charge is -2.19. The van der Waals surface area contributed by atoms with E-state index in [0.717, 1.165) is 13.7 Å². The van der Waals surface area contributed by atoms with Gasteiger partial charge in [-0.2, -0.15) is 0 Å². The summed E-state index contributed by atoms with van der Waals surface area (Å²) in [6, 6.07) is 12.5. The van der Waals surface area contributed by atoms with Crippen molar-refractivity contribution in [1.82, 2.24) is 13.7 Å². The molecule has 0 saturated carbocycles. The summed E-state index contributed by atoms with van der Waals surface area (Å²) in [5, 5.41) is -0.0434. The first-order valence-corrected chi connectivity index (χ1v) is 14.4. The molecule has 0 spiro atoms. The summed E-state index contributed by atoms with van der Waals surface area (Å²) in [5.41, 5.74) is -0.898. The van der Waals surface area contributed by atoms with Gasteiger partial charge in [0, 0.05) is 13.1 Å². The molecular formula is C33H39FN4O5. The number of benzene rings is 2. The number of dihydropyridines is 1. The number of hydrogen-bond donors (Lipinski definition) is 0. The van der Waals surface area contributed by atoms with Crippen LogP contribution in [0.5, 0.6) is 11.5 Å². The van der Waals surface area contributed by atoms with E-state index in [0.29, 0.717) is 29.1 Å². The summed E-state index contributed by atoms with van der Waals surface area (Å²) in [6.45, 7) is 11.6. The van der Waals surface area contributed by atoms with E-state index in [9.17, 15) is 14.4 Å². The average Bonchev–Trinajstić information content (AvgIpc) is 3.02. The van der Waals surface area contributed by atoms with E-state index in [1.165, 1.54) is 38.6 Å². The highest BCUT2D eigenvalue weighted by Gasteiger charge is 2.24. The van der Waals surface area contributed by atoms with Crippen molar-refractivity contribution in [3.8, 4) is 17.2 Å². The molecule has 0 amide bonds. The summed E-state index contributed by atoms with van der Waals surface area (Å²) in [7, 11) is 2.96. The van der Waals surface area contributed by atoms with Crippen LogP contribution < -0.4 is 26.3 Å². The number of aromatic nitrogens is 3. The summed E-state index contributed by atoms with van der Waals surface area (Å²) in [5.74, 6) is 0.257. The van der Waals surface area contributed by atoms with E-state index in [1.807, 2.05) is 40.7 Å². The molecule has 0 radical (unpaired) electrons. The fraction of sp³-hybridized carbons (Fsp3) is 0.333. The van der Waals surface area contributed by atoms with Crippen LogP contribution in [0.1, 0.15) is 52.2 Å². The van der Waals surface area contributed by atoms with Gasteiger partial charge in [0.25, 0.3) is 11.1 Å². The summed E-state index contributed by atoms with van der Waals surface area (Å²) < 4.78 is 29.7. The molecule has 0 fully saturated rings. The lowest BCUT2D eigenvalue weighted by Crippen LogP contribution is -2.42. The van der Waals surface area contributed by atoms with E-state index in [-0.39, 0.29) is 35.1 Å². The molecule has 0 aliphatic carbocycles. The number of pyridine rings is 1. The molecule has 0 N–H and O–H groups in total. The minimum absolute atomic E-state index is 0.0434. The smallest absolute Gasteiger partial charge is 0.337 e. The fourth-order valence-corrected chi connectivity index (χ4v) is 4.50. The molecule has 5 rings (SSSR count). The maximum absolute atomic E-state index is 15.3. The Morgan fingerprint density at radius 3 is 2.26 bits per heavy atom. The first kappa shape index (κ1) is 32.8. The van der Waals surface area contributed by atoms with Crippen LogP contribution in [0.3, 0.4) is 0 Å². The van der Waals surface area contributed by atoms with Gasteiger partial charge in [0.05, 0.1) is 31.6 Å². The molecule has 1 atom stereocenters. The Morgan fingerprint density at radius 2 is 1.67 bits per heavy atom. The Hall–Kier alpha value is -4.73. The van der Waals surface area contributed by atoms with E-state index >= 15 is 4.39 Å². The molecule has 1 aliphatic rings. The second-order valence-electron chi connectivity index (χ2n) is 9.49. The SMILES string of the molecule is CC.CC.COc1ccc(Cn2c(=O)c3c(OC4=CCC(C)N=C4)cc(=O)n(C)c3n(-c3ccc(C)cc3F)c2=O)cc1. The van der Waals surface area contributed by atoms with Crippen molar-refractivity contribution in [2.24, 2.45) is 12.0 Å². The maximum Gasteiger partial charge on any atom is 0.337 e. The molecule has 1 aliphatic heterocycles. The average molecular weight is 591 g/mol. The second kappa shape index (κ2) is 14.4. The van der Waals surface area contributed by atoms with Crippen LogP contribution in [-0.2, 0) is 13.6 Å². The Kier molecular flexibility index (Phi) is 11.0. The highest BCUT2D eigenvalue weighted by atomic mass is 19.1. The van der Waals surface area contributed by atoms with Gasteiger partial charge in [0.1, 0.15) is 34.1 Å². The normalized spacial score (nSPS) is 13.8. The zero-order chi connectivity index (χ0) is 31.8. The van der Waals surface area contributed by atoms with Crippen molar-refractivity contribution in [3.05, 3.63) is 109 Å². The molecule has 2 aromatic heterocycles. The zero-order valence-electron chi connectivity index (χ0n) is 26.0. The van der Waals surface area contributed by atoms with Gasteiger partial charge in [-0.1, -0.05) is 45.9 Å². The largest absolute Gasteiger partial charge is 0.497 e. The van der Waals surface area contributed by atoms with E-state index in [1.54, 1.807) is 37.3 Å². The predicted octanol–water partition coefficient (Wildman–Crippen LogP) is 5.53. The lowest BCUT2D eigenvalue weighted by atomic mass is 10.2. The number of fused-ring (bicyclic) bond motifs is 1. The number of allylic oxidation sites excluding steroid dienone is 1. The molecule has 0 saturated heterocycles. The second-order valence-corrected chi connectivity index (χ2v) is 9.49. The Morgan fingerprint density at radius 1 is 1.00 bits per heavy atom. The predicted molar refractivity (Wildman–Crippen MR) is 170 cm³/mol. The standard InChI is InChI=1S/C29H27FN4O5.2C2H6/c1-17-5-12-23(22(30)13-17)34-27-26(24(14-25(35)32(27)3)39-21-9-6-18(2)31-15-21)28(36)33(29(34)37)16-19-7-10-20(38-4)11-8-19;2*1-2/h5,7-15,18H,6,16H2,1-4H3;2*1-2H3. The first-order valence-electron chi connectivity index (χ1n) is 14.4. The van der Waals surface area contributed by atoms with Gasteiger partial charge in [-0.15, -0.1) is 0 Å². The number of aliphatic imine (C=N–C) groups is 1. The number of ether oxygens (including phenoxy) is 2. The molecule has 228 valence electrons. The minimum Gasteiger partial charge on any atom is -0.497 e. The van der Waals surface area contributed by atoms with Crippen LogP contribution in [0.2, 0.25) is 0 Å². The fourth-order valence-electron chi connectivity index (χ4n) is 4.50. The van der Waals surface area contributed by atoms with Crippen LogP contribution in [-0.4, -0.2) is 33.1 Å². The summed E-state index contributed by atoms with van der Waals surface area (Å²) in [6.07, 6.45) is 3.96. The highest BCUT2D eigenvalue weighted by Crippen LogP contribution is 2.25. The lowest BCUT2D eigenvalue weighted by molar-refractivity contribution is 0.414. The Labute approximate surface area is 250 Å². The first-order chi connectivity index (χ1) is 20.7. The molecule has 3 heterocycles. The van der Waals surface area contributed by atoms with Gasteiger partial charge in [-0.3, -0.25) is 23.7 Å². The van der Waals surface area contributed by atoms with Crippen molar-refractivity contribution in [1.29, 1.82) is 0 Å². The monoisotopic (exact) mass is 590 g/mol. The number of rotatable bonds is 6. The Bertz CT molecular complexity index is 1830. The van der Waals surface area contributed by atoms with Gasteiger partial charge >= 0.3 is 5.69 Å². The van der Waals surface area contributed by atoms with Gasteiger partial charge in [0.15, 0.2) is 0 Å². The topological polar surface area (TPSA) is 96.8 Å². The van der Waals surface area contributed by atoms with Crippen LogP contribution in [0, 0.1) is 12.7 Å². The highest BCUT2D eigenvalue weighted by molar-refractivity contribution is 5.85. The molecule has 4 aromatic rings. The number of hydrogen-bond acceptors (Lipinski definition) is 6. The van der Waals surface area contributed by atoms with Gasteiger partial charge in [0.2, 0.25) is 0 Å². The molecule has 43 heavy (non-hydrogen) atoms. The number of aryl methyl sites for hydroxylation is 2. The van der Waals surface area contributed by atoms with Crippen LogP contribution >= 0.6 is 0 Å². The molecule has 1 unspecified atom stereocenters. The number of methoxy groups -OCH3 is 1. The maximum atomic E-state index is 15.3. The molecule has 0 bridgehead atoms. The third kappa shape index (κ3) is 6.85. The molecule has 2 aromatic carbocycles. The van der Waals surface area contributed by atoms with Gasteiger partial charge < -0.3 is 9.47 Å². The van der Waals surface area contributed by atoms with Crippen molar-refractivity contribution in [3.63, 3.8) is 0 Å². The van der Waals surface area contributed by atoms with Crippen LogP contribution in [0.25, 0.3) is 16.7 Å². The van der Waals surface area contributed by atoms with E-state index in [2.05, 4.69) is 4.99 Å².